The molecule has 0 radical (unpaired) electrons. The third-order valence-electron chi connectivity index (χ3n) is 4.38. The summed E-state index contributed by atoms with van der Waals surface area (Å²) in [6, 6.07) is 17.0. The second kappa shape index (κ2) is 8.71. The molecule has 1 atom stereocenters. The molecular formula is C20H26N2O2. The molecule has 1 heterocycles. The Morgan fingerprint density at radius 2 is 1.83 bits per heavy atom. The molecule has 2 N–H and O–H groups in total. The summed E-state index contributed by atoms with van der Waals surface area (Å²) in [6.07, 6.45) is 1.96. The maximum atomic E-state index is 6.08. The number of aryl methyl sites for hydroxylation is 2. The van der Waals surface area contributed by atoms with Crippen molar-refractivity contribution in [2.24, 2.45) is 0 Å². The molecule has 0 saturated carbocycles. The van der Waals surface area contributed by atoms with Crippen molar-refractivity contribution in [1.82, 2.24) is 10.6 Å². The lowest BCUT2D eigenvalue weighted by atomic mass is 10.0. The molecular weight excluding hydrogens is 300 g/mol. The van der Waals surface area contributed by atoms with Crippen LogP contribution in [0.25, 0.3) is 0 Å². The van der Waals surface area contributed by atoms with Gasteiger partial charge in [-0.15, -0.1) is 0 Å². The van der Waals surface area contributed by atoms with E-state index in [0.717, 1.165) is 44.0 Å². The second-order valence-electron chi connectivity index (χ2n) is 6.12. The fourth-order valence-corrected chi connectivity index (χ4v) is 2.94. The number of piperazine rings is 1. The molecule has 0 bridgehead atoms. The average Bonchev–Trinajstić information content (AvgIpc) is 2.66. The Morgan fingerprint density at radius 1 is 1.00 bits per heavy atom. The molecule has 4 heteroatoms. The summed E-state index contributed by atoms with van der Waals surface area (Å²) in [5, 5.41) is 6.87. The highest BCUT2D eigenvalue weighted by atomic mass is 16.5. The summed E-state index contributed by atoms with van der Waals surface area (Å²) in [7, 11) is 1.69. The van der Waals surface area contributed by atoms with Gasteiger partial charge in [0, 0.05) is 19.6 Å². The van der Waals surface area contributed by atoms with Crippen LogP contribution in [-0.4, -0.2) is 39.4 Å². The summed E-state index contributed by atoms with van der Waals surface area (Å²) in [5.74, 6) is 1.90. The first-order valence-electron chi connectivity index (χ1n) is 8.63. The molecule has 0 aromatic heterocycles. The minimum Gasteiger partial charge on any atom is -0.497 e. The van der Waals surface area contributed by atoms with Crippen molar-refractivity contribution in [2.45, 2.75) is 18.9 Å². The number of hydrogen-bond donors (Lipinski definition) is 2. The predicted molar refractivity (Wildman–Crippen MR) is 97.0 cm³/mol. The molecule has 3 rings (SSSR count). The molecule has 24 heavy (non-hydrogen) atoms. The van der Waals surface area contributed by atoms with E-state index in [-0.39, 0.29) is 0 Å². The fraction of sp³-hybridized carbons (Fsp3) is 0.400. The lowest BCUT2D eigenvalue weighted by Crippen LogP contribution is -2.51. The van der Waals surface area contributed by atoms with Crippen LogP contribution in [0.2, 0.25) is 0 Å². The summed E-state index contributed by atoms with van der Waals surface area (Å²) in [6.45, 7) is 3.71. The summed E-state index contributed by atoms with van der Waals surface area (Å²) in [5.41, 5.74) is 2.57. The number of methoxy groups -OCH3 is 1. The third kappa shape index (κ3) is 4.73. The second-order valence-corrected chi connectivity index (χ2v) is 6.12. The van der Waals surface area contributed by atoms with Gasteiger partial charge in [-0.1, -0.05) is 30.3 Å². The van der Waals surface area contributed by atoms with Crippen LogP contribution in [-0.2, 0) is 12.8 Å². The van der Waals surface area contributed by atoms with Crippen LogP contribution in [0.1, 0.15) is 11.1 Å². The number of para-hydroxylation sites is 1. The van der Waals surface area contributed by atoms with E-state index in [0.29, 0.717) is 12.6 Å². The van der Waals surface area contributed by atoms with E-state index in [1.165, 1.54) is 11.1 Å². The number of nitrogens with one attached hydrogen (secondary N) is 2. The van der Waals surface area contributed by atoms with Gasteiger partial charge >= 0.3 is 0 Å². The molecule has 1 aliphatic heterocycles. The van der Waals surface area contributed by atoms with Crippen molar-refractivity contribution in [3.05, 3.63) is 59.7 Å². The Hall–Kier alpha value is -2.04. The summed E-state index contributed by atoms with van der Waals surface area (Å²) < 4.78 is 11.3. The highest BCUT2D eigenvalue weighted by Gasteiger charge is 2.13. The SMILES string of the molecule is COc1ccc(CCc2ccccc2OCC2CNCCN2)cc1. The third-order valence-corrected chi connectivity index (χ3v) is 4.38. The standard InChI is InChI=1S/C20H26N2O2/c1-23-19-10-7-16(8-11-19)6-9-17-4-2-3-5-20(17)24-15-18-14-21-12-13-22-18/h2-5,7-8,10-11,18,21-22H,6,9,12-15H2,1H3. The lowest BCUT2D eigenvalue weighted by molar-refractivity contribution is 0.245. The van der Waals surface area contributed by atoms with E-state index < -0.39 is 0 Å². The molecule has 1 fully saturated rings. The van der Waals surface area contributed by atoms with Crippen LogP contribution in [0.4, 0.5) is 0 Å². The topological polar surface area (TPSA) is 42.5 Å². The minimum atomic E-state index is 0.383. The van der Waals surface area contributed by atoms with E-state index in [9.17, 15) is 0 Å². The van der Waals surface area contributed by atoms with Crippen molar-refractivity contribution in [3.8, 4) is 11.5 Å². The van der Waals surface area contributed by atoms with E-state index >= 15 is 0 Å². The van der Waals surface area contributed by atoms with Crippen LogP contribution >= 0.6 is 0 Å². The van der Waals surface area contributed by atoms with Gasteiger partial charge in [-0.3, -0.25) is 0 Å². The Bertz CT molecular complexity index is 622. The van der Waals surface area contributed by atoms with E-state index in [1.807, 2.05) is 18.2 Å². The number of rotatable bonds is 7. The van der Waals surface area contributed by atoms with E-state index in [4.69, 9.17) is 9.47 Å². The van der Waals surface area contributed by atoms with Gasteiger partial charge in [0.2, 0.25) is 0 Å². The summed E-state index contributed by atoms with van der Waals surface area (Å²) in [4.78, 5) is 0. The molecule has 0 amide bonds. The summed E-state index contributed by atoms with van der Waals surface area (Å²) >= 11 is 0. The Morgan fingerprint density at radius 3 is 2.58 bits per heavy atom. The van der Waals surface area contributed by atoms with Crippen LogP contribution in [0, 0.1) is 0 Å². The zero-order valence-corrected chi connectivity index (χ0v) is 14.3. The van der Waals surface area contributed by atoms with Crippen LogP contribution in [0.3, 0.4) is 0 Å². The molecule has 1 saturated heterocycles. The maximum absolute atomic E-state index is 6.08. The molecule has 0 spiro atoms. The van der Waals surface area contributed by atoms with Gasteiger partial charge in [0.25, 0.3) is 0 Å². The smallest absolute Gasteiger partial charge is 0.122 e. The number of hydrogen-bond acceptors (Lipinski definition) is 4. The quantitative estimate of drug-likeness (QED) is 0.820. The zero-order chi connectivity index (χ0) is 16.6. The Kier molecular flexibility index (Phi) is 6.10. The molecule has 128 valence electrons. The maximum Gasteiger partial charge on any atom is 0.122 e. The number of ether oxygens (including phenoxy) is 2. The van der Waals surface area contributed by atoms with Crippen LogP contribution in [0.5, 0.6) is 11.5 Å². The predicted octanol–water partition coefficient (Wildman–Crippen LogP) is 2.42. The molecule has 1 aliphatic rings. The lowest BCUT2D eigenvalue weighted by Gasteiger charge is -2.25. The number of benzene rings is 2. The molecule has 2 aromatic carbocycles. The molecule has 1 unspecified atom stereocenters. The monoisotopic (exact) mass is 326 g/mol. The van der Waals surface area contributed by atoms with Gasteiger partial charge in [-0.2, -0.15) is 0 Å². The van der Waals surface area contributed by atoms with Gasteiger partial charge in [0.15, 0.2) is 0 Å². The van der Waals surface area contributed by atoms with E-state index in [1.54, 1.807) is 7.11 Å². The van der Waals surface area contributed by atoms with Gasteiger partial charge < -0.3 is 20.1 Å². The normalized spacial score (nSPS) is 17.5. The van der Waals surface area contributed by atoms with E-state index in [2.05, 4.69) is 41.0 Å². The molecule has 4 nitrogen and oxygen atoms in total. The van der Waals surface area contributed by atoms with Gasteiger partial charge in [-0.05, 0) is 42.2 Å². The molecule has 0 aliphatic carbocycles. The van der Waals surface area contributed by atoms with Gasteiger partial charge in [0.1, 0.15) is 18.1 Å². The minimum absolute atomic E-state index is 0.383. The largest absolute Gasteiger partial charge is 0.497 e. The van der Waals surface area contributed by atoms with Crippen molar-refractivity contribution in [1.29, 1.82) is 0 Å². The Labute approximate surface area is 144 Å². The molecule has 2 aromatic rings. The highest BCUT2D eigenvalue weighted by molar-refractivity contribution is 5.35. The van der Waals surface area contributed by atoms with Crippen molar-refractivity contribution >= 4 is 0 Å². The fourth-order valence-electron chi connectivity index (χ4n) is 2.94. The van der Waals surface area contributed by atoms with Crippen LogP contribution in [0.15, 0.2) is 48.5 Å². The van der Waals surface area contributed by atoms with Crippen molar-refractivity contribution in [2.75, 3.05) is 33.4 Å². The highest BCUT2D eigenvalue weighted by Crippen LogP contribution is 2.21. The van der Waals surface area contributed by atoms with Crippen molar-refractivity contribution < 1.29 is 9.47 Å². The van der Waals surface area contributed by atoms with Crippen molar-refractivity contribution in [3.63, 3.8) is 0 Å². The van der Waals surface area contributed by atoms with Gasteiger partial charge in [-0.25, -0.2) is 0 Å². The first-order chi connectivity index (χ1) is 11.8. The average molecular weight is 326 g/mol. The Balaban J connectivity index is 1.56. The first-order valence-corrected chi connectivity index (χ1v) is 8.63. The first kappa shape index (κ1) is 16.8. The van der Waals surface area contributed by atoms with Crippen LogP contribution < -0.4 is 20.1 Å². The van der Waals surface area contributed by atoms with Gasteiger partial charge in [0.05, 0.1) is 13.2 Å². The zero-order valence-electron chi connectivity index (χ0n) is 14.3.